The van der Waals surface area contributed by atoms with Crippen LogP contribution in [-0.4, -0.2) is 16.7 Å². The highest BCUT2D eigenvalue weighted by Gasteiger charge is 2.35. The highest BCUT2D eigenvalue weighted by molar-refractivity contribution is 5.66. The quantitative estimate of drug-likeness (QED) is 0.593. The number of carbonyl (C=O) groups is 1. The van der Waals surface area contributed by atoms with Crippen LogP contribution in [0.5, 0.6) is 0 Å². The third-order valence-corrected chi connectivity index (χ3v) is 2.02. The molecule has 0 atom stereocenters. The Hall–Kier alpha value is -1.24. The zero-order valence-electron chi connectivity index (χ0n) is 6.13. The van der Waals surface area contributed by atoms with E-state index in [0.29, 0.717) is 12.8 Å². The molecule has 0 aliphatic heterocycles. The van der Waals surface area contributed by atoms with Gasteiger partial charge in [0.05, 0.1) is 6.07 Å². The molecule has 2 N–H and O–H groups in total. The Kier molecular flexibility index (Phi) is 1.99. The Bertz CT molecular complexity index is 201. The number of nitriles is 1. The third kappa shape index (κ3) is 1.61. The molecule has 0 aromatic heterocycles. The summed E-state index contributed by atoms with van der Waals surface area (Å²) < 4.78 is 0. The van der Waals surface area contributed by atoms with Gasteiger partial charge in [-0.25, -0.2) is 4.79 Å². The van der Waals surface area contributed by atoms with Crippen molar-refractivity contribution in [1.82, 2.24) is 5.32 Å². The van der Waals surface area contributed by atoms with Gasteiger partial charge in [0, 0.05) is 0 Å². The monoisotopic (exact) mass is 154 g/mol. The summed E-state index contributed by atoms with van der Waals surface area (Å²) in [5.74, 6) is 0. The molecule has 0 radical (unpaired) electrons. The van der Waals surface area contributed by atoms with Crippen molar-refractivity contribution < 1.29 is 9.90 Å². The molecule has 1 aliphatic carbocycles. The second kappa shape index (κ2) is 2.79. The van der Waals surface area contributed by atoms with E-state index in [-0.39, 0.29) is 0 Å². The number of amides is 1. The first-order valence-electron chi connectivity index (χ1n) is 3.61. The second-order valence-corrected chi connectivity index (χ2v) is 2.83. The summed E-state index contributed by atoms with van der Waals surface area (Å²) >= 11 is 0. The highest BCUT2D eigenvalue weighted by Crippen LogP contribution is 2.28. The molecule has 0 saturated heterocycles. The maximum Gasteiger partial charge on any atom is 0.405 e. The van der Waals surface area contributed by atoms with Gasteiger partial charge < -0.3 is 10.4 Å². The lowest BCUT2D eigenvalue weighted by molar-refractivity contribution is 0.184. The summed E-state index contributed by atoms with van der Waals surface area (Å²) in [6.07, 6.45) is 2.07. The Morgan fingerprint density at radius 2 is 2.09 bits per heavy atom. The van der Waals surface area contributed by atoms with Gasteiger partial charge in [-0.3, -0.25) is 0 Å². The van der Waals surface area contributed by atoms with E-state index in [0.717, 1.165) is 12.8 Å². The van der Waals surface area contributed by atoms with Crippen LogP contribution in [0.1, 0.15) is 25.7 Å². The fraction of sp³-hybridized carbons (Fsp3) is 0.714. The highest BCUT2D eigenvalue weighted by atomic mass is 16.4. The molecule has 0 spiro atoms. The van der Waals surface area contributed by atoms with Gasteiger partial charge in [0.1, 0.15) is 5.54 Å². The maximum absolute atomic E-state index is 10.3. The van der Waals surface area contributed by atoms with Gasteiger partial charge >= 0.3 is 6.09 Å². The van der Waals surface area contributed by atoms with Crippen LogP contribution in [-0.2, 0) is 0 Å². The molecule has 1 amide bonds. The summed E-state index contributed by atoms with van der Waals surface area (Å²) in [5.41, 5.74) is -0.786. The van der Waals surface area contributed by atoms with Crippen molar-refractivity contribution >= 4 is 6.09 Å². The molecule has 4 heteroatoms. The predicted octanol–water partition coefficient (Wildman–Crippen LogP) is 1.09. The molecule has 0 aromatic carbocycles. The van der Waals surface area contributed by atoms with Crippen LogP contribution in [0.3, 0.4) is 0 Å². The third-order valence-electron chi connectivity index (χ3n) is 2.02. The first-order chi connectivity index (χ1) is 5.18. The summed E-state index contributed by atoms with van der Waals surface area (Å²) in [7, 11) is 0. The molecule has 0 aromatic rings. The van der Waals surface area contributed by atoms with Crippen molar-refractivity contribution in [2.24, 2.45) is 0 Å². The van der Waals surface area contributed by atoms with Crippen molar-refractivity contribution in [2.75, 3.05) is 0 Å². The minimum Gasteiger partial charge on any atom is -0.465 e. The van der Waals surface area contributed by atoms with Gasteiger partial charge in [-0.2, -0.15) is 5.26 Å². The first kappa shape index (κ1) is 7.86. The molecular formula is C7H10N2O2. The van der Waals surface area contributed by atoms with Gasteiger partial charge in [0.2, 0.25) is 0 Å². The van der Waals surface area contributed by atoms with Gasteiger partial charge in [-0.15, -0.1) is 0 Å². The maximum atomic E-state index is 10.3. The van der Waals surface area contributed by atoms with Gasteiger partial charge in [0.15, 0.2) is 0 Å². The molecule has 4 nitrogen and oxygen atoms in total. The van der Waals surface area contributed by atoms with Crippen molar-refractivity contribution in [3.63, 3.8) is 0 Å². The summed E-state index contributed by atoms with van der Waals surface area (Å²) in [4.78, 5) is 10.3. The van der Waals surface area contributed by atoms with E-state index in [1.807, 2.05) is 6.07 Å². The van der Waals surface area contributed by atoms with Crippen LogP contribution in [0.15, 0.2) is 0 Å². The molecular weight excluding hydrogens is 144 g/mol. The molecule has 11 heavy (non-hydrogen) atoms. The molecule has 0 bridgehead atoms. The van der Waals surface area contributed by atoms with E-state index in [1.54, 1.807) is 0 Å². The standard InChI is InChI=1S/C7H10N2O2/c8-5-7(9-6(10)11)3-1-2-4-7/h9H,1-4H2,(H,10,11). The fourth-order valence-corrected chi connectivity index (χ4v) is 1.45. The van der Waals surface area contributed by atoms with Crippen molar-refractivity contribution in [3.05, 3.63) is 0 Å². The summed E-state index contributed by atoms with van der Waals surface area (Å²) in [6.45, 7) is 0. The lowest BCUT2D eigenvalue weighted by Crippen LogP contribution is -2.44. The fourth-order valence-electron chi connectivity index (χ4n) is 1.45. The van der Waals surface area contributed by atoms with E-state index in [1.165, 1.54) is 0 Å². The molecule has 60 valence electrons. The molecule has 1 fully saturated rings. The topological polar surface area (TPSA) is 73.1 Å². The van der Waals surface area contributed by atoms with E-state index in [9.17, 15) is 4.79 Å². The smallest absolute Gasteiger partial charge is 0.405 e. The predicted molar refractivity (Wildman–Crippen MR) is 38.0 cm³/mol. The average Bonchev–Trinajstić information content (AvgIpc) is 2.36. The first-order valence-corrected chi connectivity index (χ1v) is 3.61. The Labute approximate surface area is 64.8 Å². The number of rotatable bonds is 1. The molecule has 0 heterocycles. The van der Waals surface area contributed by atoms with Gasteiger partial charge in [-0.05, 0) is 25.7 Å². The lowest BCUT2D eigenvalue weighted by Gasteiger charge is -2.18. The number of hydrogen-bond acceptors (Lipinski definition) is 2. The second-order valence-electron chi connectivity index (χ2n) is 2.83. The normalized spacial score (nSPS) is 20.6. The Morgan fingerprint density at radius 1 is 1.55 bits per heavy atom. The van der Waals surface area contributed by atoms with Crippen LogP contribution in [0, 0.1) is 11.3 Å². The van der Waals surface area contributed by atoms with Crippen molar-refractivity contribution in [1.29, 1.82) is 5.26 Å². The molecule has 0 unspecified atom stereocenters. The van der Waals surface area contributed by atoms with Gasteiger partial charge in [-0.1, -0.05) is 0 Å². The molecule has 1 aliphatic rings. The van der Waals surface area contributed by atoms with Crippen LogP contribution >= 0.6 is 0 Å². The van der Waals surface area contributed by atoms with Crippen LogP contribution in [0.25, 0.3) is 0 Å². The molecule has 1 rings (SSSR count). The van der Waals surface area contributed by atoms with E-state index >= 15 is 0 Å². The minimum absolute atomic E-state index is 0.649. The lowest BCUT2D eigenvalue weighted by atomic mass is 10.0. The van der Waals surface area contributed by atoms with Crippen molar-refractivity contribution in [2.45, 2.75) is 31.2 Å². The van der Waals surface area contributed by atoms with Gasteiger partial charge in [0.25, 0.3) is 0 Å². The SMILES string of the molecule is N#CC1(NC(=O)O)CCCC1. The zero-order valence-corrected chi connectivity index (χ0v) is 6.13. The largest absolute Gasteiger partial charge is 0.465 e. The number of carboxylic acid groups (broad SMARTS) is 1. The summed E-state index contributed by atoms with van der Waals surface area (Å²) in [6, 6.07) is 2.02. The van der Waals surface area contributed by atoms with E-state index in [2.05, 4.69) is 5.32 Å². The average molecular weight is 154 g/mol. The Balaban J connectivity index is 2.61. The zero-order chi connectivity index (χ0) is 8.32. The summed E-state index contributed by atoms with van der Waals surface area (Å²) in [5, 5.41) is 19.4. The van der Waals surface area contributed by atoms with E-state index in [4.69, 9.17) is 10.4 Å². The Morgan fingerprint density at radius 3 is 2.45 bits per heavy atom. The molecule has 1 saturated carbocycles. The number of hydrogen-bond donors (Lipinski definition) is 2. The van der Waals surface area contributed by atoms with E-state index < -0.39 is 11.6 Å². The van der Waals surface area contributed by atoms with Crippen LogP contribution < -0.4 is 5.32 Å². The number of nitrogens with one attached hydrogen (secondary N) is 1. The van der Waals surface area contributed by atoms with Crippen LogP contribution in [0.2, 0.25) is 0 Å². The number of nitrogens with zero attached hydrogens (tertiary/aromatic N) is 1. The van der Waals surface area contributed by atoms with Crippen LogP contribution in [0.4, 0.5) is 4.79 Å². The van der Waals surface area contributed by atoms with Crippen molar-refractivity contribution in [3.8, 4) is 6.07 Å². The minimum atomic E-state index is -1.10.